The highest BCUT2D eigenvalue weighted by molar-refractivity contribution is 4.84. The van der Waals surface area contributed by atoms with E-state index in [9.17, 15) is 5.11 Å². The molecule has 2 heteroatoms. The van der Waals surface area contributed by atoms with E-state index in [-0.39, 0.29) is 5.60 Å². The van der Waals surface area contributed by atoms with E-state index in [1.807, 2.05) is 0 Å². The average Bonchev–Trinajstić information content (AvgIpc) is 2.38. The number of unbranched alkanes of at least 4 members (excludes halogenated alkanes) is 6. The Morgan fingerprint density at radius 1 is 0.889 bits per heavy atom. The first-order chi connectivity index (χ1) is 8.77. The van der Waals surface area contributed by atoms with E-state index in [0.717, 1.165) is 25.9 Å². The second-order valence-electron chi connectivity index (χ2n) is 6.08. The summed E-state index contributed by atoms with van der Waals surface area (Å²) in [5.74, 6) is 0. The van der Waals surface area contributed by atoms with Crippen molar-refractivity contribution in [2.45, 2.75) is 89.6 Å². The van der Waals surface area contributed by atoms with E-state index in [4.69, 9.17) is 0 Å². The van der Waals surface area contributed by atoms with Crippen LogP contribution in [-0.4, -0.2) is 23.8 Å². The van der Waals surface area contributed by atoms with Crippen LogP contribution in [0, 0.1) is 0 Å². The summed E-state index contributed by atoms with van der Waals surface area (Å²) in [7, 11) is 0. The third kappa shape index (κ3) is 7.38. The molecule has 1 fully saturated rings. The summed E-state index contributed by atoms with van der Waals surface area (Å²) in [6, 6.07) is 0. The fourth-order valence-electron chi connectivity index (χ4n) is 2.91. The maximum atomic E-state index is 10.3. The van der Waals surface area contributed by atoms with Gasteiger partial charge < -0.3 is 10.4 Å². The molecule has 0 spiro atoms. The molecule has 108 valence electrons. The van der Waals surface area contributed by atoms with Gasteiger partial charge in [-0.2, -0.15) is 0 Å². The van der Waals surface area contributed by atoms with Crippen molar-refractivity contribution < 1.29 is 5.11 Å². The van der Waals surface area contributed by atoms with Crippen molar-refractivity contribution in [1.82, 2.24) is 5.32 Å². The van der Waals surface area contributed by atoms with Crippen LogP contribution < -0.4 is 5.32 Å². The summed E-state index contributed by atoms with van der Waals surface area (Å²) in [5.41, 5.74) is -0.390. The van der Waals surface area contributed by atoms with Gasteiger partial charge in [-0.05, 0) is 25.8 Å². The number of aliphatic hydroxyl groups is 1. The van der Waals surface area contributed by atoms with E-state index in [1.165, 1.54) is 64.2 Å². The van der Waals surface area contributed by atoms with Crippen molar-refractivity contribution in [3.05, 3.63) is 0 Å². The first kappa shape index (κ1) is 16.0. The van der Waals surface area contributed by atoms with Crippen LogP contribution in [0.25, 0.3) is 0 Å². The lowest BCUT2D eigenvalue weighted by Crippen LogP contribution is -2.42. The molecule has 0 saturated heterocycles. The smallest absolute Gasteiger partial charge is 0.0771 e. The quantitative estimate of drug-likeness (QED) is 0.578. The second kappa shape index (κ2) is 9.80. The summed E-state index contributed by atoms with van der Waals surface area (Å²) < 4.78 is 0. The van der Waals surface area contributed by atoms with Crippen LogP contribution in [0.2, 0.25) is 0 Å². The molecule has 1 aliphatic rings. The van der Waals surface area contributed by atoms with E-state index >= 15 is 0 Å². The molecular weight excluding hydrogens is 222 g/mol. The zero-order valence-corrected chi connectivity index (χ0v) is 12.3. The Labute approximate surface area is 114 Å². The first-order valence-electron chi connectivity index (χ1n) is 8.20. The minimum absolute atomic E-state index is 0.390. The van der Waals surface area contributed by atoms with Gasteiger partial charge in [0.25, 0.3) is 0 Å². The summed E-state index contributed by atoms with van der Waals surface area (Å²) in [6.07, 6.45) is 15.2. The minimum atomic E-state index is -0.390. The molecule has 18 heavy (non-hydrogen) atoms. The van der Waals surface area contributed by atoms with Gasteiger partial charge >= 0.3 is 0 Å². The molecule has 0 atom stereocenters. The molecule has 0 aromatic heterocycles. The van der Waals surface area contributed by atoms with Crippen LogP contribution in [0.3, 0.4) is 0 Å². The van der Waals surface area contributed by atoms with E-state index in [1.54, 1.807) is 0 Å². The SMILES string of the molecule is CCCCCCCCCNCC1(O)CCCCC1. The molecule has 0 amide bonds. The van der Waals surface area contributed by atoms with Gasteiger partial charge in [-0.3, -0.25) is 0 Å². The Morgan fingerprint density at radius 3 is 2.17 bits per heavy atom. The molecular formula is C16H33NO. The van der Waals surface area contributed by atoms with Gasteiger partial charge in [0.15, 0.2) is 0 Å². The van der Waals surface area contributed by atoms with Crippen LogP contribution in [0.4, 0.5) is 0 Å². The molecule has 0 radical (unpaired) electrons. The summed E-state index contributed by atoms with van der Waals surface area (Å²) in [5, 5.41) is 13.8. The highest BCUT2D eigenvalue weighted by Gasteiger charge is 2.28. The molecule has 0 heterocycles. The maximum absolute atomic E-state index is 10.3. The molecule has 1 aliphatic carbocycles. The van der Waals surface area contributed by atoms with Gasteiger partial charge in [0.05, 0.1) is 5.60 Å². The van der Waals surface area contributed by atoms with Crippen molar-refractivity contribution in [3.8, 4) is 0 Å². The van der Waals surface area contributed by atoms with Crippen molar-refractivity contribution in [1.29, 1.82) is 0 Å². The van der Waals surface area contributed by atoms with Gasteiger partial charge in [-0.1, -0.05) is 64.7 Å². The molecule has 2 N–H and O–H groups in total. The van der Waals surface area contributed by atoms with Crippen LogP contribution in [-0.2, 0) is 0 Å². The fourth-order valence-corrected chi connectivity index (χ4v) is 2.91. The lowest BCUT2D eigenvalue weighted by Gasteiger charge is -2.32. The number of hydrogen-bond acceptors (Lipinski definition) is 2. The Bertz CT molecular complexity index is 188. The lowest BCUT2D eigenvalue weighted by atomic mass is 9.85. The third-order valence-electron chi connectivity index (χ3n) is 4.20. The Kier molecular flexibility index (Phi) is 8.70. The van der Waals surface area contributed by atoms with Crippen LogP contribution >= 0.6 is 0 Å². The Hall–Kier alpha value is -0.0800. The van der Waals surface area contributed by atoms with Gasteiger partial charge in [0.2, 0.25) is 0 Å². The van der Waals surface area contributed by atoms with Crippen LogP contribution in [0.1, 0.15) is 84.0 Å². The third-order valence-corrected chi connectivity index (χ3v) is 4.20. The van der Waals surface area contributed by atoms with Gasteiger partial charge in [-0.15, -0.1) is 0 Å². The van der Waals surface area contributed by atoms with Crippen molar-refractivity contribution in [3.63, 3.8) is 0 Å². The van der Waals surface area contributed by atoms with Crippen molar-refractivity contribution >= 4 is 0 Å². The molecule has 2 nitrogen and oxygen atoms in total. The molecule has 0 bridgehead atoms. The van der Waals surface area contributed by atoms with Crippen LogP contribution in [0.5, 0.6) is 0 Å². The maximum Gasteiger partial charge on any atom is 0.0771 e. The predicted molar refractivity (Wildman–Crippen MR) is 78.9 cm³/mol. The Morgan fingerprint density at radius 2 is 1.50 bits per heavy atom. The van der Waals surface area contributed by atoms with E-state index in [2.05, 4.69) is 12.2 Å². The normalized spacial score (nSPS) is 19.0. The molecule has 1 rings (SSSR count). The molecule has 0 aromatic rings. The van der Waals surface area contributed by atoms with Crippen molar-refractivity contribution in [2.24, 2.45) is 0 Å². The Balaban J connectivity index is 1.86. The number of rotatable bonds is 10. The summed E-state index contributed by atoms with van der Waals surface area (Å²) >= 11 is 0. The first-order valence-corrected chi connectivity index (χ1v) is 8.20. The average molecular weight is 255 g/mol. The largest absolute Gasteiger partial charge is 0.389 e. The van der Waals surface area contributed by atoms with Crippen LogP contribution in [0.15, 0.2) is 0 Å². The summed E-state index contributed by atoms with van der Waals surface area (Å²) in [6.45, 7) is 4.15. The zero-order chi connectivity index (χ0) is 13.1. The second-order valence-corrected chi connectivity index (χ2v) is 6.08. The predicted octanol–water partition coefficient (Wildman–Crippen LogP) is 4.02. The fraction of sp³-hybridized carbons (Fsp3) is 1.00. The zero-order valence-electron chi connectivity index (χ0n) is 12.3. The van der Waals surface area contributed by atoms with Gasteiger partial charge in [0.1, 0.15) is 0 Å². The van der Waals surface area contributed by atoms with Gasteiger partial charge in [0, 0.05) is 6.54 Å². The topological polar surface area (TPSA) is 32.3 Å². The molecule has 1 saturated carbocycles. The molecule has 0 unspecified atom stereocenters. The highest BCUT2D eigenvalue weighted by atomic mass is 16.3. The number of nitrogens with one attached hydrogen (secondary N) is 1. The molecule has 0 aliphatic heterocycles. The van der Waals surface area contributed by atoms with Gasteiger partial charge in [-0.25, -0.2) is 0 Å². The molecule has 0 aromatic carbocycles. The minimum Gasteiger partial charge on any atom is -0.389 e. The van der Waals surface area contributed by atoms with E-state index < -0.39 is 0 Å². The number of hydrogen-bond donors (Lipinski definition) is 2. The van der Waals surface area contributed by atoms with E-state index in [0.29, 0.717) is 0 Å². The monoisotopic (exact) mass is 255 g/mol. The lowest BCUT2D eigenvalue weighted by molar-refractivity contribution is 0.00503. The standard InChI is InChI=1S/C16H33NO/c1-2-3-4-5-6-7-11-14-17-15-16(18)12-9-8-10-13-16/h17-18H,2-15H2,1H3. The highest BCUT2D eigenvalue weighted by Crippen LogP contribution is 2.27. The van der Waals surface area contributed by atoms with Crippen molar-refractivity contribution in [2.75, 3.05) is 13.1 Å². The summed E-state index contributed by atoms with van der Waals surface area (Å²) in [4.78, 5) is 0.